The molecule has 0 fully saturated rings. The predicted molar refractivity (Wildman–Crippen MR) is 75.7 cm³/mol. The molecule has 0 spiro atoms. The Kier molecular flexibility index (Phi) is 3.22. The van der Waals surface area contributed by atoms with Crippen LogP contribution in [-0.4, -0.2) is 29.1 Å². The van der Waals surface area contributed by atoms with E-state index in [-0.39, 0.29) is 0 Å². The molecule has 0 radical (unpaired) electrons. The first-order chi connectivity index (χ1) is 10.1. The first-order valence-electron chi connectivity index (χ1n) is 6.36. The number of nitrogens with zero attached hydrogens (tertiary/aromatic N) is 5. The molecule has 0 atom stereocenters. The lowest BCUT2D eigenvalue weighted by Crippen LogP contribution is -2.28. The summed E-state index contributed by atoms with van der Waals surface area (Å²) in [6, 6.07) is 1.32. The number of rotatable bonds is 4. The van der Waals surface area contributed by atoms with Crippen LogP contribution >= 0.6 is 0 Å². The van der Waals surface area contributed by atoms with Crippen LogP contribution < -0.4 is 17.0 Å². The third-order valence-electron chi connectivity index (χ3n) is 3.12. The van der Waals surface area contributed by atoms with Crippen molar-refractivity contribution < 1.29 is 0 Å². The number of nitrogens with two attached hydrogens (primary N) is 1. The third-order valence-corrected chi connectivity index (χ3v) is 3.12. The van der Waals surface area contributed by atoms with Gasteiger partial charge in [-0.2, -0.15) is 0 Å². The zero-order valence-electron chi connectivity index (χ0n) is 11.1. The highest BCUT2D eigenvalue weighted by molar-refractivity contribution is 5.80. The lowest BCUT2D eigenvalue weighted by Gasteiger charge is -2.05. The van der Waals surface area contributed by atoms with Gasteiger partial charge in [0, 0.05) is 25.4 Å². The second-order valence-corrected chi connectivity index (χ2v) is 4.53. The Morgan fingerprint density at radius 1 is 1.14 bits per heavy atom. The van der Waals surface area contributed by atoms with Gasteiger partial charge >= 0.3 is 5.69 Å². The van der Waals surface area contributed by atoms with Gasteiger partial charge in [0.15, 0.2) is 11.5 Å². The summed E-state index contributed by atoms with van der Waals surface area (Å²) in [7, 11) is 0. The van der Waals surface area contributed by atoms with Gasteiger partial charge < -0.3 is 14.9 Å². The molecule has 0 amide bonds. The third kappa shape index (κ3) is 2.53. The molecule has 9 heteroatoms. The van der Waals surface area contributed by atoms with Gasteiger partial charge in [-0.05, 0) is 6.42 Å². The molecule has 0 saturated heterocycles. The Bertz CT molecular complexity index is 892. The molecule has 3 N–H and O–H groups in total. The summed E-state index contributed by atoms with van der Waals surface area (Å²) in [5.74, 6) is 0.343. The van der Waals surface area contributed by atoms with Gasteiger partial charge in [0.2, 0.25) is 0 Å². The van der Waals surface area contributed by atoms with Crippen LogP contribution in [-0.2, 0) is 13.1 Å². The fourth-order valence-corrected chi connectivity index (χ4v) is 2.09. The van der Waals surface area contributed by atoms with Crippen LogP contribution in [0.25, 0.3) is 11.2 Å². The van der Waals surface area contributed by atoms with Crippen molar-refractivity contribution in [3.05, 3.63) is 45.8 Å². The molecular weight excluding hydrogens is 274 g/mol. The van der Waals surface area contributed by atoms with E-state index in [2.05, 4.69) is 19.9 Å². The number of H-pyrrole nitrogens is 1. The molecule has 0 bridgehead atoms. The summed E-state index contributed by atoms with van der Waals surface area (Å²) in [6.45, 7) is 1.11. The van der Waals surface area contributed by atoms with Gasteiger partial charge in [-0.15, -0.1) is 0 Å². The quantitative estimate of drug-likeness (QED) is 0.657. The lowest BCUT2D eigenvalue weighted by atomic mass is 10.4. The van der Waals surface area contributed by atoms with E-state index in [0.29, 0.717) is 36.5 Å². The Hall–Kier alpha value is -2.97. The summed E-state index contributed by atoms with van der Waals surface area (Å²) in [5.41, 5.74) is 6.14. The second kappa shape index (κ2) is 5.19. The molecule has 21 heavy (non-hydrogen) atoms. The molecule has 0 saturated carbocycles. The number of imidazole rings is 1. The van der Waals surface area contributed by atoms with E-state index in [1.165, 1.54) is 23.2 Å². The number of hydrogen-bond acceptors (Lipinski definition) is 6. The number of hydrogen-bond donors (Lipinski definition) is 2. The monoisotopic (exact) mass is 287 g/mol. The minimum Gasteiger partial charge on any atom is -0.382 e. The first-order valence-corrected chi connectivity index (χ1v) is 6.36. The molecule has 9 nitrogen and oxygen atoms in total. The zero-order valence-corrected chi connectivity index (χ0v) is 11.1. The molecule has 0 aliphatic carbocycles. The number of aryl methyl sites for hydroxylation is 2. The van der Waals surface area contributed by atoms with E-state index in [4.69, 9.17) is 5.73 Å². The SMILES string of the molecule is Nc1ncnc2c1ncn2CCCn1ccc(=O)[nH]c1=O. The summed E-state index contributed by atoms with van der Waals surface area (Å²) in [5, 5.41) is 0. The Morgan fingerprint density at radius 2 is 1.95 bits per heavy atom. The van der Waals surface area contributed by atoms with Gasteiger partial charge in [0.1, 0.15) is 11.8 Å². The van der Waals surface area contributed by atoms with E-state index in [9.17, 15) is 9.59 Å². The highest BCUT2D eigenvalue weighted by Crippen LogP contribution is 2.14. The highest BCUT2D eigenvalue weighted by atomic mass is 16.2. The fraction of sp³-hybridized carbons (Fsp3) is 0.250. The van der Waals surface area contributed by atoms with Crippen molar-refractivity contribution in [3.8, 4) is 0 Å². The molecule has 0 aliphatic rings. The van der Waals surface area contributed by atoms with E-state index >= 15 is 0 Å². The van der Waals surface area contributed by atoms with Crippen LogP contribution in [0.1, 0.15) is 6.42 Å². The van der Waals surface area contributed by atoms with Crippen molar-refractivity contribution in [1.82, 2.24) is 29.1 Å². The molecular formula is C12H13N7O2. The maximum absolute atomic E-state index is 11.5. The lowest BCUT2D eigenvalue weighted by molar-refractivity contribution is 0.549. The van der Waals surface area contributed by atoms with Crippen LogP contribution in [0.3, 0.4) is 0 Å². The number of aromatic amines is 1. The van der Waals surface area contributed by atoms with Crippen LogP contribution in [0, 0.1) is 0 Å². The standard InChI is InChI=1S/C12H13N7O2/c13-10-9-11(15-6-14-10)19(7-16-9)4-1-3-18-5-2-8(20)17-12(18)21/h2,5-7H,1,3-4H2,(H2,13,14,15)(H,17,20,21). The average Bonchev–Trinajstić information content (AvgIpc) is 2.86. The molecule has 3 heterocycles. The van der Waals surface area contributed by atoms with Gasteiger partial charge in [-0.1, -0.05) is 0 Å². The molecule has 0 unspecified atom stereocenters. The summed E-state index contributed by atoms with van der Waals surface area (Å²) >= 11 is 0. The van der Waals surface area contributed by atoms with E-state index < -0.39 is 11.2 Å². The molecule has 108 valence electrons. The average molecular weight is 287 g/mol. The van der Waals surface area contributed by atoms with Crippen molar-refractivity contribution in [1.29, 1.82) is 0 Å². The van der Waals surface area contributed by atoms with E-state index in [1.54, 1.807) is 6.33 Å². The smallest absolute Gasteiger partial charge is 0.328 e. The highest BCUT2D eigenvalue weighted by Gasteiger charge is 2.07. The molecule has 3 aromatic rings. The van der Waals surface area contributed by atoms with Crippen LogP contribution in [0.2, 0.25) is 0 Å². The van der Waals surface area contributed by atoms with Gasteiger partial charge in [-0.3, -0.25) is 9.78 Å². The molecule has 3 aromatic heterocycles. The van der Waals surface area contributed by atoms with Crippen LogP contribution in [0.5, 0.6) is 0 Å². The van der Waals surface area contributed by atoms with Gasteiger partial charge in [0.25, 0.3) is 5.56 Å². The summed E-state index contributed by atoms with van der Waals surface area (Å²) in [4.78, 5) is 36.9. The maximum atomic E-state index is 11.5. The Labute approximate surface area is 118 Å². The first kappa shape index (κ1) is 13.0. The topological polar surface area (TPSA) is 124 Å². The number of anilines is 1. The van der Waals surface area contributed by atoms with Crippen molar-refractivity contribution in [2.75, 3.05) is 5.73 Å². The molecule has 0 aliphatic heterocycles. The minimum atomic E-state index is -0.412. The molecule has 3 rings (SSSR count). The fourth-order valence-electron chi connectivity index (χ4n) is 2.09. The molecule has 0 aromatic carbocycles. The van der Waals surface area contributed by atoms with Crippen molar-refractivity contribution in [3.63, 3.8) is 0 Å². The minimum absolute atomic E-state index is 0.343. The largest absolute Gasteiger partial charge is 0.382 e. The Morgan fingerprint density at radius 3 is 2.76 bits per heavy atom. The van der Waals surface area contributed by atoms with Crippen LogP contribution in [0.15, 0.2) is 34.5 Å². The van der Waals surface area contributed by atoms with Gasteiger partial charge in [0.05, 0.1) is 6.33 Å². The van der Waals surface area contributed by atoms with Crippen molar-refractivity contribution in [2.24, 2.45) is 0 Å². The summed E-state index contributed by atoms with van der Waals surface area (Å²) < 4.78 is 3.30. The second-order valence-electron chi connectivity index (χ2n) is 4.53. The number of nitrogens with one attached hydrogen (secondary N) is 1. The normalized spacial score (nSPS) is 11.0. The van der Waals surface area contributed by atoms with E-state index in [1.807, 2.05) is 4.57 Å². The van der Waals surface area contributed by atoms with Gasteiger partial charge in [-0.25, -0.2) is 19.7 Å². The van der Waals surface area contributed by atoms with E-state index in [0.717, 1.165) is 0 Å². The van der Waals surface area contributed by atoms with Crippen molar-refractivity contribution >= 4 is 17.0 Å². The zero-order chi connectivity index (χ0) is 14.8. The number of nitrogen functional groups attached to an aromatic ring is 1. The number of fused-ring (bicyclic) bond motifs is 1. The Balaban J connectivity index is 1.74. The van der Waals surface area contributed by atoms with Crippen molar-refractivity contribution in [2.45, 2.75) is 19.5 Å². The number of aromatic nitrogens is 6. The predicted octanol–water partition coefficient (Wildman–Crippen LogP) is -0.651. The maximum Gasteiger partial charge on any atom is 0.328 e. The summed E-state index contributed by atoms with van der Waals surface area (Å²) in [6.07, 6.45) is 5.20. The van der Waals surface area contributed by atoms with Crippen LogP contribution in [0.4, 0.5) is 5.82 Å².